The Kier molecular flexibility index (Phi) is 6.58. The number of benzene rings is 2. The number of nitrogens with zero attached hydrogens (tertiary/aromatic N) is 2. The van der Waals surface area contributed by atoms with E-state index in [1.807, 2.05) is 30.3 Å². The Morgan fingerprint density at radius 1 is 1.04 bits per heavy atom. The number of aliphatic imine (C=N–C) groups is 1. The zero-order valence-corrected chi connectivity index (χ0v) is 13.5. The van der Waals surface area contributed by atoms with Gasteiger partial charge in [0.15, 0.2) is 5.96 Å². The van der Waals surface area contributed by atoms with Crippen LogP contribution in [0.1, 0.15) is 5.56 Å². The van der Waals surface area contributed by atoms with Gasteiger partial charge >= 0.3 is 0 Å². The van der Waals surface area contributed by atoms with Crippen molar-refractivity contribution in [3.05, 3.63) is 70.3 Å². The van der Waals surface area contributed by atoms with Gasteiger partial charge < -0.3 is 16.0 Å². The molecule has 0 amide bonds. The Hall–Kier alpha value is -3.09. The molecule has 3 N–H and O–H groups in total. The van der Waals surface area contributed by atoms with Crippen LogP contribution in [0.2, 0.25) is 0 Å². The van der Waals surface area contributed by atoms with Crippen molar-refractivity contribution < 1.29 is 4.92 Å². The van der Waals surface area contributed by atoms with Crippen molar-refractivity contribution in [1.82, 2.24) is 10.6 Å². The predicted molar refractivity (Wildman–Crippen MR) is 96.2 cm³/mol. The molecule has 0 aliphatic rings. The monoisotopic (exact) mass is 327 g/mol. The molecule has 0 bridgehead atoms. The van der Waals surface area contributed by atoms with Crippen molar-refractivity contribution in [2.24, 2.45) is 4.99 Å². The van der Waals surface area contributed by atoms with Crippen LogP contribution in [-0.4, -0.2) is 31.0 Å². The molecule has 0 aromatic heterocycles. The van der Waals surface area contributed by atoms with Crippen LogP contribution in [0.15, 0.2) is 59.6 Å². The van der Waals surface area contributed by atoms with Crippen molar-refractivity contribution in [1.29, 1.82) is 0 Å². The first-order valence-electron chi connectivity index (χ1n) is 7.66. The van der Waals surface area contributed by atoms with Crippen LogP contribution >= 0.6 is 0 Å². The van der Waals surface area contributed by atoms with Crippen LogP contribution in [0.5, 0.6) is 0 Å². The zero-order valence-electron chi connectivity index (χ0n) is 13.5. The lowest BCUT2D eigenvalue weighted by Gasteiger charge is -2.13. The van der Waals surface area contributed by atoms with E-state index in [1.165, 1.54) is 11.6 Å². The lowest BCUT2D eigenvalue weighted by atomic mass is 10.2. The van der Waals surface area contributed by atoms with Crippen LogP contribution < -0.4 is 16.0 Å². The molecule has 0 fully saturated rings. The summed E-state index contributed by atoms with van der Waals surface area (Å²) in [5.74, 6) is 0.684. The number of rotatable bonds is 7. The van der Waals surface area contributed by atoms with E-state index in [0.717, 1.165) is 0 Å². The zero-order chi connectivity index (χ0) is 17.2. The summed E-state index contributed by atoms with van der Waals surface area (Å²) < 4.78 is 0. The summed E-state index contributed by atoms with van der Waals surface area (Å²) in [6.45, 7) is 1.80. The summed E-state index contributed by atoms with van der Waals surface area (Å²) in [5.41, 5.74) is 1.75. The first-order valence-corrected chi connectivity index (χ1v) is 7.66. The molecule has 0 aliphatic heterocycles. The lowest BCUT2D eigenvalue weighted by molar-refractivity contribution is -0.384. The van der Waals surface area contributed by atoms with Crippen molar-refractivity contribution in [2.45, 2.75) is 6.54 Å². The van der Waals surface area contributed by atoms with Crippen LogP contribution in [-0.2, 0) is 6.54 Å². The van der Waals surface area contributed by atoms with Gasteiger partial charge in [-0.05, 0) is 11.6 Å². The quantitative estimate of drug-likeness (QED) is 0.239. The number of para-hydroxylation sites is 2. The van der Waals surface area contributed by atoms with Crippen LogP contribution in [0.3, 0.4) is 0 Å². The third-order valence-corrected chi connectivity index (χ3v) is 3.36. The minimum Gasteiger partial charge on any atom is -0.378 e. The van der Waals surface area contributed by atoms with Gasteiger partial charge in [-0.15, -0.1) is 0 Å². The molecule has 0 radical (unpaired) electrons. The molecule has 24 heavy (non-hydrogen) atoms. The molecule has 2 rings (SSSR count). The number of anilines is 1. The summed E-state index contributed by atoms with van der Waals surface area (Å²) >= 11 is 0. The van der Waals surface area contributed by atoms with E-state index in [1.54, 1.807) is 25.2 Å². The van der Waals surface area contributed by atoms with Gasteiger partial charge in [-0.1, -0.05) is 42.5 Å². The lowest BCUT2D eigenvalue weighted by Crippen LogP contribution is -2.39. The highest BCUT2D eigenvalue weighted by molar-refractivity contribution is 5.79. The van der Waals surface area contributed by atoms with Crippen molar-refractivity contribution in [3.8, 4) is 0 Å². The molecule has 2 aromatic carbocycles. The van der Waals surface area contributed by atoms with Crippen LogP contribution in [0.25, 0.3) is 0 Å². The number of nitro benzene ring substituents is 1. The average molecular weight is 327 g/mol. The second-order valence-electron chi connectivity index (χ2n) is 5.04. The van der Waals surface area contributed by atoms with E-state index in [0.29, 0.717) is 31.3 Å². The molecular weight excluding hydrogens is 306 g/mol. The second kappa shape index (κ2) is 9.14. The second-order valence-corrected chi connectivity index (χ2v) is 5.04. The third-order valence-electron chi connectivity index (χ3n) is 3.36. The van der Waals surface area contributed by atoms with E-state index >= 15 is 0 Å². The molecule has 0 atom stereocenters. The van der Waals surface area contributed by atoms with E-state index in [-0.39, 0.29) is 5.69 Å². The fourth-order valence-corrected chi connectivity index (χ4v) is 2.16. The van der Waals surface area contributed by atoms with E-state index in [9.17, 15) is 10.1 Å². The van der Waals surface area contributed by atoms with Crippen molar-refractivity contribution in [3.63, 3.8) is 0 Å². The molecule has 0 saturated carbocycles. The SMILES string of the molecule is CN=C(NCCNc1ccccc1[N+](=O)[O-])NCc1ccccc1. The summed E-state index contributed by atoms with van der Waals surface area (Å²) in [5, 5.41) is 20.4. The summed E-state index contributed by atoms with van der Waals surface area (Å²) in [7, 11) is 1.70. The number of hydrogen-bond acceptors (Lipinski definition) is 4. The minimum absolute atomic E-state index is 0.0732. The topological polar surface area (TPSA) is 91.6 Å². The summed E-state index contributed by atoms with van der Waals surface area (Å²) in [6.07, 6.45) is 0. The highest BCUT2D eigenvalue weighted by Crippen LogP contribution is 2.22. The fourth-order valence-electron chi connectivity index (χ4n) is 2.16. The first-order chi connectivity index (χ1) is 11.7. The summed E-state index contributed by atoms with van der Waals surface area (Å²) in [6, 6.07) is 16.6. The largest absolute Gasteiger partial charge is 0.378 e. The number of nitrogens with one attached hydrogen (secondary N) is 3. The highest BCUT2D eigenvalue weighted by atomic mass is 16.6. The molecule has 0 spiro atoms. The molecule has 0 heterocycles. The maximum atomic E-state index is 10.9. The van der Waals surface area contributed by atoms with Gasteiger partial charge in [0, 0.05) is 32.7 Å². The Morgan fingerprint density at radius 3 is 2.46 bits per heavy atom. The summed E-state index contributed by atoms with van der Waals surface area (Å²) in [4.78, 5) is 14.7. The Balaban J connectivity index is 1.75. The number of guanidine groups is 1. The maximum Gasteiger partial charge on any atom is 0.292 e. The fraction of sp³-hybridized carbons (Fsp3) is 0.235. The predicted octanol–water partition coefficient (Wildman–Crippen LogP) is 2.37. The van der Waals surface area contributed by atoms with Gasteiger partial charge in [0.2, 0.25) is 0 Å². The van der Waals surface area contributed by atoms with Gasteiger partial charge in [-0.25, -0.2) is 0 Å². The van der Waals surface area contributed by atoms with Gasteiger partial charge in [0.25, 0.3) is 5.69 Å². The van der Waals surface area contributed by atoms with Gasteiger partial charge in [-0.2, -0.15) is 0 Å². The normalized spacial score (nSPS) is 11.0. The minimum atomic E-state index is -0.393. The maximum absolute atomic E-state index is 10.9. The molecule has 0 unspecified atom stereocenters. The Labute approximate surface area is 141 Å². The molecular formula is C17H21N5O2. The van der Waals surface area contributed by atoms with Gasteiger partial charge in [0.1, 0.15) is 5.69 Å². The molecule has 7 nitrogen and oxygen atoms in total. The van der Waals surface area contributed by atoms with Crippen molar-refractivity contribution >= 4 is 17.3 Å². The van der Waals surface area contributed by atoms with Crippen LogP contribution in [0.4, 0.5) is 11.4 Å². The number of nitro groups is 1. The smallest absolute Gasteiger partial charge is 0.292 e. The van der Waals surface area contributed by atoms with Gasteiger partial charge in [0.05, 0.1) is 4.92 Å². The molecule has 0 aliphatic carbocycles. The van der Waals surface area contributed by atoms with Crippen LogP contribution in [0, 0.1) is 10.1 Å². The molecule has 0 saturated heterocycles. The third kappa shape index (κ3) is 5.28. The highest BCUT2D eigenvalue weighted by Gasteiger charge is 2.11. The molecule has 7 heteroatoms. The van der Waals surface area contributed by atoms with E-state index < -0.39 is 4.92 Å². The molecule has 2 aromatic rings. The molecule has 126 valence electrons. The number of hydrogen-bond donors (Lipinski definition) is 3. The van der Waals surface area contributed by atoms with Gasteiger partial charge in [-0.3, -0.25) is 15.1 Å². The van der Waals surface area contributed by atoms with Crippen molar-refractivity contribution in [2.75, 3.05) is 25.5 Å². The Bertz CT molecular complexity index is 688. The first kappa shape index (κ1) is 17.3. The van der Waals surface area contributed by atoms with E-state index in [4.69, 9.17) is 0 Å². The standard InChI is InChI=1S/C17H21N5O2/c1-18-17(21-13-14-7-3-2-4-8-14)20-12-11-19-15-9-5-6-10-16(15)22(23)24/h2-10,19H,11-13H2,1H3,(H2,18,20,21). The average Bonchev–Trinajstić information content (AvgIpc) is 2.62. The van der Waals surface area contributed by atoms with E-state index in [2.05, 4.69) is 20.9 Å². The Morgan fingerprint density at radius 2 is 1.75 bits per heavy atom.